The van der Waals surface area contributed by atoms with Crippen molar-refractivity contribution in [3.63, 3.8) is 0 Å². The van der Waals surface area contributed by atoms with Crippen molar-refractivity contribution in [2.24, 2.45) is 5.92 Å². The van der Waals surface area contributed by atoms with Crippen LogP contribution in [0.25, 0.3) is 0 Å². The van der Waals surface area contributed by atoms with Gasteiger partial charge in [0, 0.05) is 19.5 Å². The summed E-state index contributed by atoms with van der Waals surface area (Å²) in [6.45, 7) is 3.28. The molecule has 4 heteroatoms. The monoisotopic (exact) mass is 287 g/mol. The van der Waals surface area contributed by atoms with Gasteiger partial charge < -0.3 is 9.64 Å². The molecule has 1 atom stereocenters. The maximum atomic E-state index is 11.9. The Morgan fingerprint density at radius 3 is 2.86 bits per heavy atom. The van der Waals surface area contributed by atoms with E-state index in [1.54, 1.807) is 11.0 Å². The number of nitrogens with zero attached hydrogens (tertiary/aromatic N) is 1. The molecule has 0 radical (unpaired) electrons. The standard InChI is InChI=1S/C17H21NO3/c1-2-3-11-21-17(20)15-12-16(19)18(13-15)10-9-14-7-5-4-6-8-14/h2-8,15H,9-13H2,1H3. The van der Waals surface area contributed by atoms with Crippen LogP contribution in [0.3, 0.4) is 0 Å². The number of ether oxygens (including phenoxy) is 1. The van der Waals surface area contributed by atoms with E-state index in [4.69, 9.17) is 4.74 Å². The molecular weight excluding hydrogens is 266 g/mol. The van der Waals surface area contributed by atoms with E-state index in [2.05, 4.69) is 0 Å². The van der Waals surface area contributed by atoms with Crippen LogP contribution in [0.4, 0.5) is 0 Å². The third-order valence-electron chi connectivity index (χ3n) is 3.62. The lowest BCUT2D eigenvalue weighted by molar-refractivity contribution is -0.147. The van der Waals surface area contributed by atoms with Gasteiger partial charge in [0.2, 0.25) is 5.91 Å². The molecule has 0 aliphatic carbocycles. The Labute approximate surface area is 125 Å². The van der Waals surface area contributed by atoms with E-state index in [0.717, 1.165) is 6.42 Å². The Morgan fingerprint density at radius 1 is 1.38 bits per heavy atom. The highest BCUT2D eigenvalue weighted by molar-refractivity contribution is 5.86. The Hall–Kier alpha value is -2.10. The second-order valence-corrected chi connectivity index (χ2v) is 5.18. The summed E-state index contributed by atoms with van der Waals surface area (Å²) in [5.41, 5.74) is 1.20. The van der Waals surface area contributed by atoms with Gasteiger partial charge >= 0.3 is 5.97 Å². The summed E-state index contributed by atoms with van der Waals surface area (Å²) in [6, 6.07) is 10.0. The third-order valence-corrected chi connectivity index (χ3v) is 3.62. The third kappa shape index (κ3) is 4.45. The van der Waals surface area contributed by atoms with Gasteiger partial charge in [-0.3, -0.25) is 9.59 Å². The predicted molar refractivity (Wildman–Crippen MR) is 80.6 cm³/mol. The first-order valence-corrected chi connectivity index (χ1v) is 7.30. The summed E-state index contributed by atoms with van der Waals surface area (Å²) in [5, 5.41) is 0. The maximum Gasteiger partial charge on any atom is 0.311 e. The van der Waals surface area contributed by atoms with Gasteiger partial charge in [-0.2, -0.15) is 0 Å². The van der Waals surface area contributed by atoms with Crippen LogP contribution < -0.4 is 0 Å². The first kappa shape index (κ1) is 15.3. The minimum absolute atomic E-state index is 0.0407. The summed E-state index contributed by atoms with van der Waals surface area (Å²) in [5.74, 6) is -0.555. The van der Waals surface area contributed by atoms with E-state index >= 15 is 0 Å². The zero-order chi connectivity index (χ0) is 15.1. The summed E-state index contributed by atoms with van der Waals surface area (Å²) in [7, 11) is 0. The van der Waals surface area contributed by atoms with Crippen LogP contribution in [0.1, 0.15) is 18.9 Å². The number of amides is 1. The summed E-state index contributed by atoms with van der Waals surface area (Å²) in [4.78, 5) is 25.6. The van der Waals surface area contributed by atoms with Gasteiger partial charge in [-0.05, 0) is 18.9 Å². The van der Waals surface area contributed by atoms with Gasteiger partial charge in [-0.1, -0.05) is 42.5 Å². The minimum Gasteiger partial charge on any atom is -0.461 e. The maximum absolute atomic E-state index is 11.9. The van der Waals surface area contributed by atoms with E-state index in [0.29, 0.717) is 13.1 Å². The number of carbonyl (C=O) groups is 2. The van der Waals surface area contributed by atoms with Crippen molar-refractivity contribution in [3.8, 4) is 0 Å². The highest BCUT2D eigenvalue weighted by Crippen LogP contribution is 2.19. The van der Waals surface area contributed by atoms with Crippen LogP contribution in [-0.2, 0) is 20.7 Å². The summed E-state index contributed by atoms with van der Waals surface area (Å²) >= 11 is 0. The van der Waals surface area contributed by atoms with Gasteiger partial charge in [-0.25, -0.2) is 0 Å². The zero-order valence-electron chi connectivity index (χ0n) is 12.3. The lowest BCUT2D eigenvalue weighted by Gasteiger charge is -2.16. The van der Waals surface area contributed by atoms with E-state index < -0.39 is 0 Å². The van der Waals surface area contributed by atoms with Crippen LogP contribution in [0.2, 0.25) is 0 Å². The molecule has 21 heavy (non-hydrogen) atoms. The number of esters is 1. The van der Waals surface area contributed by atoms with Crippen molar-refractivity contribution < 1.29 is 14.3 Å². The lowest BCUT2D eigenvalue weighted by atomic mass is 10.1. The molecule has 1 aromatic carbocycles. The van der Waals surface area contributed by atoms with Crippen LogP contribution in [0, 0.1) is 5.92 Å². The largest absolute Gasteiger partial charge is 0.461 e. The Morgan fingerprint density at radius 2 is 2.14 bits per heavy atom. The Bertz CT molecular complexity index is 510. The topological polar surface area (TPSA) is 46.6 Å². The molecule has 112 valence electrons. The number of hydrogen-bond acceptors (Lipinski definition) is 3. The van der Waals surface area contributed by atoms with Crippen LogP contribution in [-0.4, -0.2) is 36.5 Å². The molecule has 1 heterocycles. The zero-order valence-corrected chi connectivity index (χ0v) is 12.3. The van der Waals surface area contributed by atoms with Gasteiger partial charge in [0.25, 0.3) is 0 Å². The summed E-state index contributed by atoms with van der Waals surface area (Å²) < 4.78 is 5.12. The molecule has 0 saturated carbocycles. The molecule has 0 aromatic heterocycles. The average molecular weight is 287 g/mol. The van der Waals surface area contributed by atoms with E-state index in [9.17, 15) is 9.59 Å². The number of carbonyl (C=O) groups excluding carboxylic acids is 2. The first-order valence-electron chi connectivity index (χ1n) is 7.30. The predicted octanol–water partition coefficient (Wildman–Crippen LogP) is 2.20. The number of hydrogen-bond donors (Lipinski definition) is 0. The SMILES string of the molecule is CC=CCOC(=O)C1CC(=O)N(CCc2ccccc2)C1. The van der Waals surface area contributed by atoms with E-state index in [1.807, 2.05) is 43.3 Å². The van der Waals surface area contributed by atoms with Gasteiger partial charge in [0.15, 0.2) is 0 Å². The molecule has 0 spiro atoms. The number of likely N-dealkylation sites (tertiary alicyclic amines) is 1. The number of rotatable bonds is 6. The molecule has 1 aliphatic rings. The van der Waals surface area contributed by atoms with Gasteiger partial charge in [0.05, 0.1) is 5.92 Å². The van der Waals surface area contributed by atoms with Gasteiger partial charge in [-0.15, -0.1) is 0 Å². The first-order chi connectivity index (χ1) is 10.2. The molecule has 1 amide bonds. The van der Waals surface area contributed by atoms with Crippen molar-refractivity contribution in [1.82, 2.24) is 4.90 Å². The molecule has 0 N–H and O–H groups in total. The van der Waals surface area contributed by atoms with Crippen molar-refractivity contribution in [2.75, 3.05) is 19.7 Å². The van der Waals surface area contributed by atoms with Crippen LogP contribution in [0.15, 0.2) is 42.5 Å². The van der Waals surface area contributed by atoms with Crippen molar-refractivity contribution in [1.29, 1.82) is 0 Å². The molecule has 1 aliphatic heterocycles. The lowest BCUT2D eigenvalue weighted by Crippen LogP contribution is -2.28. The van der Waals surface area contributed by atoms with Crippen molar-refractivity contribution in [2.45, 2.75) is 19.8 Å². The highest BCUT2D eigenvalue weighted by atomic mass is 16.5. The Balaban J connectivity index is 1.81. The summed E-state index contributed by atoms with van der Waals surface area (Å²) in [6.07, 6.45) is 4.69. The Kier molecular flexibility index (Phi) is 5.55. The fourth-order valence-corrected chi connectivity index (χ4v) is 2.40. The van der Waals surface area contributed by atoms with Crippen molar-refractivity contribution in [3.05, 3.63) is 48.0 Å². The molecule has 1 saturated heterocycles. The molecule has 0 bridgehead atoms. The smallest absolute Gasteiger partial charge is 0.311 e. The second-order valence-electron chi connectivity index (χ2n) is 5.18. The van der Waals surface area contributed by atoms with Crippen molar-refractivity contribution >= 4 is 11.9 Å². The number of benzene rings is 1. The second kappa shape index (κ2) is 7.62. The van der Waals surface area contributed by atoms with Gasteiger partial charge in [0.1, 0.15) is 6.61 Å². The molecular formula is C17H21NO3. The van der Waals surface area contributed by atoms with E-state index in [-0.39, 0.29) is 30.8 Å². The molecule has 2 rings (SSSR count). The molecule has 4 nitrogen and oxygen atoms in total. The molecule has 1 unspecified atom stereocenters. The highest BCUT2D eigenvalue weighted by Gasteiger charge is 2.34. The van der Waals surface area contributed by atoms with E-state index in [1.165, 1.54) is 5.56 Å². The average Bonchev–Trinajstić information content (AvgIpc) is 2.88. The quantitative estimate of drug-likeness (QED) is 0.595. The minimum atomic E-state index is -0.321. The normalized spacial score (nSPS) is 18.4. The fraction of sp³-hybridized carbons (Fsp3) is 0.412. The van der Waals surface area contributed by atoms with Crippen LogP contribution >= 0.6 is 0 Å². The number of allylic oxidation sites excluding steroid dienone is 1. The molecule has 1 aromatic rings. The van der Waals surface area contributed by atoms with Crippen LogP contribution in [0.5, 0.6) is 0 Å². The molecule has 1 fully saturated rings. The fourth-order valence-electron chi connectivity index (χ4n) is 2.40.